The maximum atomic E-state index is 10.8. The molecular weight excluding hydrogens is 300 g/mol. The van der Waals surface area contributed by atoms with E-state index >= 15 is 0 Å². The van der Waals surface area contributed by atoms with Crippen molar-refractivity contribution < 1.29 is 14.3 Å². The molecule has 0 saturated carbocycles. The number of aryl methyl sites for hydroxylation is 1. The molecule has 9 heteroatoms. The highest BCUT2D eigenvalue weighted by Gasteiger charge is 2.09. The number of carbonyl (C=O) groups excluding carboxylic acids is 1. The number of primary amides is 1. The van der Waals surface area contributed by atoms with Gasteiger partial charge in [0.2, 0.25) is 5.95 Å². The first kappa shape index (κ1) is 16.5. The zero-order chi connectivity index (χ0) is 16.7. The Morgan fingerprint density at radius 1 is 1.39 bits per heavy atom. The molecule has 2 aromatic rings. The van der Waals surface area contributed by atoms with E-state index in [1.807, 2.05) is 12.1 Å². The second-order valence-electron chi connectivity index (χ2n) is 4.82. The lowest BCUT2D eigenvalue weighted by atomic mass is 10.2. The summed E-state index contributed by atoms with van der Waals surface area (Å²) in [7, 11) is 1.53. The van der Waals surface area contributed by atoms with Crippen molar-refractivity contribution >= 4 is 11.9 Å². The Balaban J connectivity index is 2.02. The average Bonchev–Trinajstić information content (AvgIpc) is 2.98. The van der Waals surface area contributed by atoms with Crippen LogP contribution < -0.4 is 20.5 Å². The van der Waals surface area contributed by atoms with Gasteiger partial charge in [-0.3, -0.25) is 4.79 Å². The summed E-state index contributed by atoms with van der Waals surface area (Å²) in [5, 5.41) is 14.7. The van der Waals surface area contributed by atoms with Crippen LogP contribution >= 0.6 is 0 Å². The van der Waals surface area contributed by atoms with E-state index < -0.39 is 5.91 Å². The van der Waals surface area contributed by atoms with Gasteiger partial charge in [0.15, 0.2) is 18.1 Å². The van der Waals surface area contributed by atoms with Crippen LogP contribution in [-0.2, 0) is 17.9 Å². The molecule has 124 valence electrons. The van der Waals surface area contributed by atoms with Gasteiger partial charge in [-0.05, 0) is 34.5 Å². The van der Waals surface area contributed by atoms with Gasteiger partial charge in [0.05, 0.1) is 7.11 Å². The zero-order valence-electron chi connectivity index (χ0n) is 13.2. The summed E-state index contributed by atoms with van der Waals surface area (Å²) in [6, 6.07) is 5.41. The predicted molar refractivity (Wildman–Crippen MR) is 83.1 cm³/mol. The Morgan fingerprint density at radius 2 is 2.22 bits per heavy atom. The van der Waals surface area contributed by atoms with E-state index in [4.69, 9.17) is 15.2 Å². The summed E-state index contributed by atoms with van der Waals surface area (Å²) in [4.78, 5) is 10.8. The largest absolute Gasteiger partial charge is 0.493 e. The van der Waals surface area contributed by atoms with E-state index in [0.29, 0.717) is 24.0 Å². The van der Waals surface area contributed by atoms with E-state index in [2.05, 4.69) is 27.8 Å². The Labute approximate surface area is 133 Å². The molecule has 3 N–H and O–H groups in total. The third kappa shape index (κ3) is 4.56. The maximum Gasteiger partial charge on any atom is 0.255 e. The second-order valence-corrected chi connectivity index (χ2v) is 4.82. The lowest BCUT2D eigenvalue weighted by molar-refractivity contribution is -0.119. The van der Waals surface area contributed by atoms with E-state index in [-0.39, 0.29) is 6.61 Å². The number of amides is 1. The van der Waals surface area contributed by atoms with Crippen molar-refractivity contribution in [1.29, 1.82) is 0 Å². The number of tetrazole rings is 1. The van der Waals surface area contributed by atoms with Crippen molar-refractivity contribution in [3.63, 3.8) is 0 Å². The minimum atomic E-state index is -0.541. The molecule has 0 aliphatic heterocycles. The van der Waals surface area contributed by atoms with Crippen LogP contribution in [-0.4, -0.2) is 39.8 Å². The molecule has 2 rings (SSSR count). The smallest absolute Gasteiger partial charge is 0.255 e. The summed E-state index contributed by atoms with van der Waals surface area (Å²) >= 11 is 0. The third-order valence-corrected chi connectivity index (χ3v) is 3.02. The summed E-state index contributed by atoms with van der Waals surface area (Å²) in [6.07, 6.45) is 0.944. The highest BCUT2D eigenvalue weighted by molar-refractivity contribution is 5.75. The average molecular weight is 320 g/mol. The molecule has 0 radical (unpaired) electrons. The Hall–Kier alpha value is -2.84. The summed E-state index contributed by atoms with van der Waals surface area (Å²) in [5.41, 5.74) is 6.02. The van der Waals surface area contributed by atoms with Crippen LogP contribution in [0.15, 0.2) is 18.2 Å². The number of hydrogen-bond acceptors (Lipinski definition) is 7. The standard InChI is InChI=1S/C14H20N6O3/c1-3-6-20-14(17-18-19-20)16-8-10-4-5-11(12(7-10)22-2)23-9-13(15)21/h4-5,7H,3,6,8-9H2,1-2H3,(H2,15,21)(H,16,17,19). The number of anilines is 1. The Morgan fingerprint density at radius 3 is 2.91 bits per heavy atom. The fraction of sp³-hybridized carbons (Fsp3) is 0.429. The van der Waals surface area contributed by atoms with Crippen molar-refractivity contribution in [3.05, 3.63) is 23.8 Å². The number of carbonyl (C=O) groups is 1. The summed E-state index contributed by atoms with van der Waals surface area (Å²) in [5.74, 6) is 1.06. The lowest BCUT2D eigenvalue weighted by Gasteiger charge is -2.12. The number of nitrogens with two attached hydrogens (primary N) is 1. The van der Waals surface area contributed by atoms with Crippen molar-refractivity contribution in [2.45, 2.75) is 26.4 Å². The lowest BCUT2D eigenvalue weighted by Crippen LogP contribution is -2.20. The van der Waals surface area contributed by atoms with Gasteiger partial charge < -0.3 is 20.5 Å². The molecular formula is C14H20N6O3. The van der Waals surface area contributed by atoms with Crippen LogP contribution in [0.2, 0.25) is 0 Å². The molecule has 23 heavy (non-hydrogen) atoms. The van der Waals surface area contributed by atoms with Gasteiger partial charge in [0, 0.05) is 13.1 Å². The fourth-order valence-corrected chi connectivity index (χ4v) is 1.96. The quantitative estimate of drug-likeness (QED) is 0.693. The van der Waals surface area contributed by atoms with Crippen LogP contribution in [0.25, 0.3) is 0 Å². The van der Waals surface area contributed by atoms with Gasteiger partial charge >= 0.3 is 0 Å². The van der Waals surface area contributed by atoms with Crippen LogP contribution in [0, 0.1) is 0 Å². The molecule has 1 amide bonds. The fourth-order valence-electron chi connectivity index (χ4n) is 1.96. The topological polar surface area (TPSA) is 117 Å². The second kappa shape index (κ2) is 7.97. The number of hydrogen-bond donors (Lipinski definition) is 2. The van der Waals surface area contributed by atoms with Crippen LogP contribution in [0.5, 0.6) is 11.5 Å². The molecule has 0 aliphatic carbocycles. The SMILES string of the molecule is CCCn1nnnc1NCc1ccc(OCC(N)=O)c(OC)c1. The van der Waals surface area contributed by atoms with E-state index in [0.717, 1.165) is 18.5 Å². The van der Waals surface area contributed by atoms with Crippen LogP contribution in [0.1, 0.15) is 18.9 Å². The molecule has 1 aromatic heterocycles. The van der Waals surface area contributed by atoms with Crippen molar-refractivity contribution in [2.75, 3.05) is 19.0 Å². The number of benzene rings is 1. The summed E-state index contributed by atoms with van der Waals surface area (Å²) < 4.78 is 12.3. The Kier molecular flexibility index (Phi) is 5.73. The minimum Gasteiger partial charge on any atom is -0.493 e. The van der Waals surface area contributed by atoms with Gasteiger partial charge in [0.25, 0.3) is 5.91 Å². The number of aromatic nitrogens is 4. The first-order chi connectivity index (χ1) is 11.1. The molecule has 0 fully saturated rings. The molecule has 0 bridgehead atoms. The van der Waals surface area contributed by atoms with E-state index in [1.54, 1.807) is 10.7 Å². The number of rotatable bonds is 9. The molecule has 1 aromatic carbocycles. The highest BCUT2D eigenvalue weighted by Crippen LogP contribution is 2.28. The number of methoxy groups -OCH3 is 1. The molecule has 9 nitrogen and oxygen atoms in total. The first-order valence-corrected chi connectivity index (χ1v) is 7.22. The Bertz CT molecular complexity index is 658. The minimum absolute atomic E-state index is 0.195. The van der Waals surface area contributed by atoms with Crippen LogP contribution in [0.3, 0.4) is 0 Å². The molecule has 0 atom stereocenters. The molecule has 0 aliphatic rings. The van der Waals surface area contributed by atoms with Crippen molar-refractivity contribution in [1.82, 2.24) is 20.2 Å². The van der Waals surface area contributed by atoms with Crippen molar-refractivity contribution in [2.24, 2.45) is 5.73 Å². The van der Waals surface area contributed by atoms with E-state index in [1.165, 1.54) is 7.11 Å². The monoisotopic (exact) mass is 320 g/mol. The summed E-state index contributed by atoms with van der Waals surface area (Å²) in [6.45, 7) is 3.13. The molecule has 1 heterocycles. The molecule has 0 saturated heterocycles. The highest BCUT2D eigenvalue weighted by atomic mass is 16.5. The van der Waals surface area contributed by atoms with E-state index in [9.17, 15) is 4.79 Å². The number of ether oxygens (including phenoxy) is 2. The van der Waals surface area contributed by atoms with Gasteiger partial charge in [-0.2, -0.15) is 0 Å². The third-order valence-electron chi connectivity index (χ3n) is 3.02. The van der Waals surface area contributed by atoms with Gasteiger partial charge in [-0.15, -0.1) is 0 Å². The van der Waals surface area contributed by atoms with Gasteiger partial charge in [-0.25, -0.2) is 4.68 Å². The van der Waals surface area contributed by atoms with Crippen molar-refractivity contribution in [3.8, 4) is 11.5 Å². The van der Waals surface area contributed by atoms with Gasteiger partial charge in [0.1, 0.15) is 0 Å². The first-order valence-electron chi connectivity index (χ1n) is 7.22. The number of nitrogens with zero attached hydrogens (tertiary/aromatic N) is 4. The maximum absolute atomic E-state index is 10.8. The molecule has 0 unspecified atom stereocenters. The zero-order valence-corrected chi connectivity index (χ0v) is 13.2. The van der Waals surface area contributed by atoms with Gasteiger partial charge in [-0.1, -0.05) is 18.1 Å². The normalized spacial score (nSPS) is 10.3. The number of nitrogens with one attached hydrogen (secondary N) is 1. The van der Waals surface area contributed by atoms with Crippen LogP contribution in [0.4, 0.5) is 5.95 Å². The predicted octanol–water partition coefficient (Wildman–Crippen LogP) is 0.568. The molecule has 0 spiro atoms.